The third kappa shape index (κ3) is 4.26. The minimum atomic E-state index is -0.269. The van der Waals surface area contributed by atoms with Gasteiger partial charge in [0.1, 0.15) is 11.6 Å². The number of halogens is 2. The first-order valence-electron chi connectivity index (χ1n) is 9.32. The van der Waals surface area contributed by atoms with Crippen molar-refractivity contribution in [3.8, 4) is 0 Å². The monoisotopic (exact) mass is 468 g/mol. The van der Waals surface area contributed by atoms with Crippen LogP contribution in [0.25, 0.3) is 21.8 Å². The van der Waals surface area contributed by atoms with Crippen molar-refractivity contribution in [2.45, 2.75) is 20.2 Å². The Morgan fingerprint density at radius 3 is 1.65 bits per heavy atom. The number of benzene rings is 2. The van der Waals surface area contributed by atoms with Crippen molar-refractivity contribution in [1.29, 1.82) is 0 Å². The Bertz CT molecular complexity index is 1290. The molecule has 0 radical (unpaired) electrons. The molecule has 0 amide bonds. The van der Waals surface area contributed by atoms with Gasteiger partial charge in [-0.25, -0.2) is 8.78 Å². The molecule has 0 saturated carbocycles. The molecule has 31 heavy (non-hydrogen) atoms. The van der Waals surface area contributed by atoms with Gasteiger partial charge >= 0.3 is 0 Å². The highest BCUT2D eigenvalue weighted by molar-refractivity contribution is 8.02. The molecule has 0 spiro atoms. The molecule has 2 aromatic carbocycles. The van der Waals surface area contributed by atoms with Gasteiger partial charge in [-0.2, -0.15) is 0 Å². The quantitative estimate of drug-likeness (QED) is 0.265. The van der Waals surface area contributed by atoms with E-state index in [1.165, 1.54) is 23.5 Å². The summed E-state index contributed by atoms with van der Waals surface area (Å²) in [5.41, 5.74) is 3.25. The third-order valence-electron chi connectivity index (χ3n) is 4.69. The summed E-state index contributed by atoms with van der Waals surface area (Å²) < 4.78 is 29.6. The highest BCUT2D eigenvalue weighted by Crippen LogP contribution is 2.34. The van der Waals surface area contributed by atoms with Gasteiger partial charge in [0.25, 0.3) is 0 Å². The lowest BCUT2D eigenvalue weighted by atomic mass is 10.1. The first-order chi connectivity index (χ1) is 15.2. The zero-order valence-electron chi connectivity index (χ0n) is 16.0. The smallest absolute Gasteiger partial charge is 0.175 e. The topological polar surface area (TPSA) is 51.6 Å². The van der Waals surface area contributed by atoms with Crippen molar-refractivity contribution in [2.75, 3.05) is 0 Å². The number of hydrogen-bond donors (Lipinski definition) is 0. The summed E-state index contributed by atoms with van der Waals surface area (Å²) in [7, 11) is 0. The molecule has 0 aliphatic rings. The predicted molar refractivity (Wildman–Crippen MR) is 122 cm³/mol. The lowest BCUT2D eigenvalue weighted by molar-refractivity contribution is 0.639. The summed E-state index contributed by atoms with van der Waals surface area (Å²) in [5, 5.41) is 9.56. The van der Waals surface area contributed by atoms with Crippen molar-refractivity contribution in [3.63, 3.8) is 0 Å². The maximum absolute atomic E-state index is 14.0. The largest absolute Gasteiger partial charge is 0.256 e. The van der Waals surface area contributed by atoms with Crippen LogP contribution in [0.3, 0.4) is 0 Å². The van der Waals surface area contributed by atoms with E-state index < -0.39 is 0 Å². The number of pyridine rings is 2. The molecule has 9 heteroatoms. The van der Waals surface area contributed by atoms with Crippen LogP contribution in [0.2, 0.25) is 0 Å². The van der Waals surface area contributed by atoms with Crippen LogP contribution in [0.4, 0.5) is 8.78 Å². The summed E-state index contributed by atoms with van der Waals surface area (Å²) in [4.78, 5) is 8.66. The number of fused-ring (bicyclic) bond motifs is 2. The summed E-state index contributed by atoms with van der Waals surface area (Å²) >= 11 is 4.60. The molecule has 154 valence electrons. The van der Waals surface area contributed by atoms with Gasteiger partial charge in [0, 0.05) is 34.7 Å². The molecule has 5 aromatic rings. The fourth-order valence-corrected chi connectivity index (χ4v) is 6.21. The van der Waals surface area contributed by atoms with Crippen LogP contribution in [-0.2, 0) is 11.5 Å². The van der Waals surface area contributed by atoms with Crippen LogP contribution < -0.4 is 0 Å². The second-order valence-corrected chi connectivity index (χ2v) is 10.0. The van der Waals surface area contributed by atoms with E-state index in [1.807, 2.05) is 0 Å². The van der Waals surface area contributed by atoms with Gasteiger partial charge in [-0.3, -0.25) is 9.97 Å². The fraction of sp³-hybridized carbons (Fsp3) is 0.0909. The molecule has 0 fully saturated rings. The average Bonchev–Trinajstić information content (AvgIpc) is 3.26. The zero-order valence-corrected chi connectivity index (χ0v) is 18.4. The molecule has 3 heterocycles. The summed E-state index contributed by atoms with van der Waals surface area (Å²) in [6, 6.07) is 13.4. The minimum Gasteiger partial charge on any atom is -0.256 e. The van der Waals surface area contributed by atoms with E-state index in [4.69, 9.17) is 0 Å². The van der Waals surface area contributed by atoms with Crippen LogP contribution in [0.15, 0.2) is 69.6 Å². The molecule has 3 aromatic heterocycles. The van der Waals surface area contributed by atoms with Crippen LogP contribution in [0, 0.1) is 11.6 Å². The normalized spacial score (nSPS) is 11.4. The van der Waals surface area contributed by atoms with Crippen molar-refractivity contribution in [2.24, 2.45) is 0 Å². The van der Waals surface area contributed by atoms with E-state index in [-0.39, 0.29) is 11.6 Å². The SMILES string of the molecule is Fc1ccc(CSc2nnc(SCc3ccc(F)c4cccnc34)s2)c2ncccc12. The second kappa shape index (κ2) is 8.86. The first kappa shape index (κ1) is 20.3. The molecule has 0 N–H and O–H groups in total. The molecule has 0 unspecified atom stereocenters. The highest BCUT2D eigenvalue weighted by Gasteiger charge is 2.12. The van der Waals surface area contributed by atoms with Gasteiger partial charge in [-0.05, 0) is 47.5 Å². The van der Waals surface area contributed by atoms with Gasteiger partial charge < -0.3 is 0 Å². The van der Waals surface area contributed by atoms with Crippen molar-refractivity contribution in [1.82, 2.24) is 20.2 Å². The van der Waals surface area contributed by atoms with Gasteiger partial charge in [0.2, 0.25) is 0 Å². The Balaban J connectivity index is 1.28. The van der Waals surface area contributed by atoms with Crippen LogP contribution >= 0.6 is 34.9 Å². The lowest BCUT2D eigenvalue weighted by Gasteiger charge is -2.05. The van der Waals surface area contributed by atoms with Crippen LogP contribution in [0.5, 0.6) is 0 Å². The lowest BCUT2D eigenvalue weighted by Crippen LogP contribution is -1.90. The van der Waals surface area contributed by atoms with E-state index in [1.54, 1.807) is 72.3 Å². The molecule has 4 nitrogen and oxygen atoms in total. The first-order valence-corrected chi connectivity index (χ1v) is 12.1. The summed E-state index contributed by atoms with van der Waals surface area (Å²) in [5.74, 6) is 0.711. The molecule has 0 bridgehead atoms. The number of hydrogen-bond acceptors (Lipinski definition) is 7. The van der Waals surface area contributed by atoms with E-state index >= 15 is 0 Å². The summed E-state index contributed by atoms with van der Waals surface area (Å²) in [6.07, 6.45) is 3.34. The average molecular weight is 469 g/mol. The molecule has 0 aliphatic carbocycles. The van der Waals surface area contributed by atoms with E-state index in [0.29, 0.717) is 33.3 Å². The Morgan fingerprint density at radius 1 is 0.677 bits per heavy atom. The van der Waals surface area contributed by atoms with Crippen molar-refractivity contribution < 1.29 is 8.78 Å². The molecule has 0 atom stereocenters. The summed E-state index contributed by atoms with van der Waals surface area (Å²) in [6.45, 7) is 0. The number of nitrogens with zero attached hydrogens (tertiary/aromatic N) is 4. The van der Waals surface area contributed by atoms with Crippen LogP contribution in [-0.4, -0.2) is 20.2 Å². The van der Waals surface area contributed by atoms with E-state index in [9.17, 15) is 8.78 Å². The highest BCUT2D eigenvalue weighted by atomic mass is 32.2. The van der Waals surface area contributed by atoms with Crippen molar-refractivity contribution in [3.05, 3.63) is 83.7 Å². The van der Waals surface area contributed by atoms with Gasteiger partial charge in [0.15, 0.2) is 8.68 Å². The standard InChI is InChI=1S/C22H14F2N4S3/c23-17-7-5-13(19-15(17)3-1-9-25-19)11-29-21-27-28-22(31-21)30-12-14-6-8-18(24)16-4-2-10-26-20(14)16/h1-10H,11-12H2. The van der Waals surface area contributed by atoms with E-state index in [2.05, 4.69) is 20.2 Å². The maximum Gasteiger partial charge on any atom is 0.175 e. The molecule has 0 saturated heterocycles. The number of aromatic nitrogens is 4. The Kier molecular flexibility index (Phi) is 5.80. The predicted octanol–water partition coefficient (Wildman–Crippen LogP) is 6.50. The second-order valence-electron chi connectivity index (χ2n) is 6.62. The molecular weight excluding hydrogens is 454 g/mol. The fourth-order valence-electron chi connectivity index (χ4n) is 3.22. The van der Waals surface area contributed by atoms with Gasteiger partial charge in [-0.1, -0.05) is 47.0 Å². The Hall–Kier alpha value is -2.62. The number of thioether (sulfide) groups is 2. The Labute approximate surface area is 189 Å². The number of rotatable bonds is 6. The minimum absolute atomic E-state index is 0.269. The Morgan fingerprint density at radius 2 is 1.16 bits per heavy atom. The maximum atomic E-state index is 14.0. The van der Waals surface area contributed by atoms with Crippen molar-refractivity contribution >= 4 is 56.7 Å². The zero-order chi connectivity index (χ0) is 21.2. The molecule has 0 aliphatic heterocycles. The third-order valence-corrected chi connectivity index (χ3v) is 7.98. The van der Waals surface area contributed by atoms with Crippen LogP contribution in [0.1, 0.15) is 11.1 Å². The molecule has 5 rings (SSSR count). The van der Waals surface area contributed by atoms with E-state index in [0.717, 1.165) is 19.8 Å². The molecular formula is C22H14F2N4S3. The van der Waals surface area contributed by atoms with Gasteiger partial charge in [0.05, 0.1) is 11.0 Å². The van der Waals surface area contributed by atoms with Gasteiger partial charge in [-0.15, -0.1) is 10.2 Å².